The van der Waals surface area contributed by atoms with E-state index in [4.69, 9.17) is 11.6 Å². The number of hydrogen-bond acceptors (Lipinski definition) is 7. The van der Waals surface area contributed by atoms with Crippen LogP contribution in [0, 0.1) is 0 Å². The van der Waals surface area contributed by atoms with Crippen LogP contribution in [-0.4, -0.2) is 30.7 Å². The zero-order chi connectivity index (χ0) is 15.6. The number of thiophene rings is 1. The third kappa shape index (κ3) is 6.71. The van der Waals surface area contributed by atoms with Crippen LogP contribution in [0.15, 0.2) is 39.1 Å². The molecule has 8 nitrogen and oxygen atoms in total. The van der Waals surface area contributed by atoms with E-state index in [2.05, 4.69) is 9.38 Å². The molecule has 2 rings (SSSR count). The Hall–Kier alpha value is -0.01000. The number of nitrogens with zero attached hydrogens (tertiary/aromatic N) is 2. The van der Waals surface area contributed by atoms with Crippen LogP contribution in [0.1, 0.15) is 16.1 Å². The Morgan fingerprint density at radius 2 is 1.79 bits per heavy atom. The molecule has 2 aromatic heterocycles. The van der Waals surface area contributed by atoms with Crippen LogP contribution in [-0.2, 0) is 10.0 Å². The fourth-order valence-corrected chi connectivity index (χ4v) is 3.65. The van der Waals surface area contributed by atoms with Crippen molar-refractivity contribution in [1.82, 2.24) is 4.98 Å². The van der Waals surface area contributed by atoms with Crippen LogP contribution in [0.2, 0.25) is 4.34 Å². The molecule has 2 N–H and O–H groups in total. The molecule has 0 fully saturated rings. The fourth-order valence-electron chi connectivity index (χ4n) is 1.28. The molecule has 0 aliphatic heterocycles. The molecule has 0 amide bonds. The van der Waals surface area contributed by atoms with Crippen molar-refractivity contribution in [2.24, 2.45) is 4.40 Å². The van der Waals surface area contributed by atoms with Gasteiger partial charge in [0, 0.05) is 17.7 Å². The maximum absolute atomic E-state index is 11.8. The largest absolute Gasteiger partial charge is 1.00 e. The predicted molar refractivity (Wildman–Crippen MR) is 75.2 cm³/mol. The number of aromatic carboxylic acids is 1. The average Bonchev–Trinajstić information content (AvgIpc) is 2.86. The number of carboxylic acids is 1. The molecular formula is C11H7ClN2Na2O6S2. The number of carboxylic acid groups (broad SMARTS) is 1. The number of hydrogen-bond donors (Lipinski definition) is 0. The molecule has 0 saturated carbocycles. The first-order valence-corrected chi connectivity index (χ1v) is 7.88. The van der Waals surface area contributed by atoms with E-state index in [1.54, 1.807) is 0 Å². The number of halogens is 1. The van der Waals surface area contributed by atoms with Crippen LogP contribution < -0.4 is 69.3 Å². The van der Waals surface area contributed by atoms with Gasteiger partial charge in [0.1, 0.15) is 4.21 Å². The number of carbonyl (C=O) groups is 1. The minimum absolute atomic E-state index is 0. The van der Waals surface area contributed by atoms with E-state index in [1.807, 2.05) is 0 Å². The van der Waals surface area contributed by atoms with Crippen molar-refractivity contribution >= 4 is 44.8 Å². The summed E-state index contributed by atoms with van der Waals surface area (Å²) in [5, 5.41) is 22.3. The van der Waals surface area contributed by atoms with E-state index in [0.29, 0.717) is 0 Å². The average molecular weight is 409 g/mol. The monoisotopic (exact) mass is 408 g/mol. The second-order valence-electron chi connectivity index (χ2n) is 3.65. The van der Waals surface area contributed by atoms with Crippen molar-refractivity contribution in [3.63, 3.8) is 0 Å². The van der Waals surface area contributed by atoms with Gasteiger partial charge in [-0.05, 0) is 18.2 Å². The van der Waals surface area contributed by atoms with Crippen molar-refractivity contribution in [2.45, 2.75) is 4.21 Å². The van der Waals surface area contributed by atoms with E-state index >= 15 is 0 Å². The van der Waals surface area contributed by atoms with Crippen LogP contribution in [0.4, 0.5) is 0 Å². The first-order valence-electron chi connectivity index (χ1n) is 5.25. The van der Waals surface area contributed by atoms with Gasteiger partial charge in [0.05, 0.1) is 16.0 Å². The van der Waals surface area contributed by atoms with Crippen molar-refractivity contribution in [2.75, 3.05) is 0 Å². The van der Waals surface area contributed by atoms with Gasteiger partial charge in [0.25, 0.3) is 10.0 Å². The topological polar surface area (TPSA) is 154 Å². The Labute approximate surface area is 190 Å². The van der Waals surface area contributed by atoms with Crippen molar-refractivity contribution in [3.8, 4) is 0 Å². The zero-order valence-electron chi connectivity index (χ0n) is 12.5. The van der Waals surface area contributed by atoms with Gasteiger partial charge in [0.2, 0.25) is 0 Å². The summed E-state index contributed by atoms with van der Waals surface area (Å²) in [6.07, 6.45) is 0.911. The molecule has 0 bridgehead atoms. The minimum Gasteiger partial charge on any atom is -0.858 e. The smallest absolute Gasteiger partial charge is 0.858 e. The molecule has 24 heavy (non-hydrogen) atoms. The van der Waals surface area contributed by atoms with Crippen LogP contribution in [0.25, 0.3) is 0 Å². The Balaban J connectivity index is 0. The summed E-state index contributed by atoms with van der Waals surface area (Å²) in [6.45, 7) is 0. The minimum atomic E-state index is -4.16. The van der Waals surface area contributed by atoms with E-state index < -0.39 is 21.9 Å². The van der Waals surface area contributed by atoms with E-state index in [1.165, 1.54) is 12.1 Å². The predicted octanol–water partition coefficient (Wildman–Crippen LogP) is -7.16. The van der Waals surface area contributed by atoms with Gasteiger partial charge in [-0.25, -0.2) is 0 Å². The third-order valence-corrected chi connectivity index (χ3v) is 5.18. The van der Waals surface area contributed by atoms with Gasteiger partial charge in [-0.2, -0.15) is 12.8 Å². The van der Waals surface area contributed by atoms with Crippen LogP contribution in [0.3, 0.4) is 0 Å². The van der Waals surface area contributed by atoms with E-state index in [9.17, 15) is 23.4 Å². The maximum Gasteiger partial charge on any atom is 1.00 e. The fraction of sp³-hybridized carbons (Fsp3) is 0. The van der Waals surface area contributed by atoms with Gasteiger partial charge >= 0.3 is 59.1 Å². The molecule has 2 heterocycles. The van der Waals surface area contributed by atoms with Crippen LogP contribution in [0.5, 0.6) is 0 Å². The number of sulfonamides is 1. The number of aromatic nitrogens is 1. The summed E-state index contributed by atoms with van der Waals surface area (Å²) in [6, 6.07) is 4.72. The zero-order valence-corrected chi connectivity index (χ0v) is 18.9. The molecule has 0 saturated heterocycles. The van der Waals surface area contributed by atoms with Gasteiger partial charge < -0.3 is 20.5 Å². The SMILES string of the molecule is O.O=C([O-])c1ccc(C([O-])=NS(=O)(=O)c2ccc(Cl)s2)cn1.[Na+].[Na+]. The summed E-state index contributed by atoms with van der Waals surface area (Å²) in [4.78, 5) is 14.0. The summed E-state index contributed by atoms with van der Waals surface area (Å²) in [5.74, 6) is -2.57. The molecule has 0 aliphatic carbocycles. The molecule has 118 valence electrons. The second kappa shape index (κ2) is 10.9. The quantitative estimate of drug-likeness (QED) is 0.278. The van der Waals surface area contributed by atoms with Crippen molar-refractivity contribution in [3.05, 3.63) is 46.1 Å². The molecule has 0 unspecified atom stereocenters. The Kier molecular flexibility index (Phi) is 11.9. The van der Waals surface area contributed by atoms with Gasteiger partial charge in [-0.15, -0.1) is 11.3 Å². The molecule has 0 aromatic carbocycles. The van der Waals surface area contributed by atoms with Crippen molar-refractivity contribution < 1.29 is 88.0 Å². The standard InChI is InChI=1S/C11H7ClN2O5S2.2Na.H2O/c12-8-3-4-9(20-8)21(18,19)14-10(15)6-1-2-7(11(16)17)13-5-6;;;/h1-5H,(H,14,15)(H,16,17);;;1H2/q;2*+1;/p-2. The Morgan fingerprint density at radius 1 is 1.17 bits per heavy atom. The molecule has 0 radical (unpaired) electrons. The Bertz CT molecular complexity index is 823. The number of pyridine rings is 1. The number of carbonyl (C=O) groups excluding carboxylic acids is 1. The van der Waals surface area contributed by atoms with Gasteiger partial charge in [-0.1, -0.05) is 17.7 Å². The third-order valence-electron chi connectivity index (χ3n) is 2.23. The number of rotatable bonds is 4. The molecular weight excluding hydrogens is 402 g/mol. The maximum atomic E-state index is 11.8. The summed E-state index contributed by atoms with van der Waals surface area (Å²) in [5.41, 5.74) is -0.536. The van der Waals surface area contributed by atoms with E-state index in [0.717, 1.165) is 29.7 Å². The second-order valence-corrected chi connectivity index (χ2v) is 7.20. The first kappa shape index (κ1) is 26.2. The molecule has 0 spiro atoms. The molecule has 13 heteroatoms. The first-order chi connectivity index (χ1) is 9.79. The van der Waals surface area contributed by atoms with E-state index in [-0.39, 0.29) is 84.4 Å². The van der Waals surface area contributed by atoms with Crippen molar-refractivity contribution in [1.29, 1.82) is 0 Å². The summed E-state index contributed by atoms with van der Waals surface area (Å²) in [7, 11) is -4.16. The van der Waals surface area contributed by atoms with Gasteiger partial charge in [-0.3, -0.25) is 4.98 Å². The molecule has 0 atom stereocenters. The Morgan fingerprint density at radius 3 is 2.21 bits per heavy atom. The summed E-state index contributed by atoms with van der Waals surface area (Å²) >= 11 is 6.39. The summed E-state index contributed by atoms with van der Waals surface area (Å²) < 4.78 is 26.9. The normalized spacial score (nSPS) is 10.8. The molecule has 2 aromatic rings. The molecule has 0 aliphatic rings. The van der Waals surface area contributed by atoms with Crippen LogP contribution >= 0.6 is 22.9 Å². The van der Waals surface area contributed by atoms with Gasteiger partial charge in [0.15, 0.2) is 0 Å².